The zero-order valence-electron chi connectivity index (χ0n) is 14.5. The maximum absolute atomic E-state index is 10.2. The number of rotatable bonds is 1. The molecule has 1 heterocycles. The molecule has 2 nitrogen and oxygen atoms in total. The summed E-state index contributed by atoms with van der Waals surface area (Å²) in [5.41, 5.74) is 2.90. The molecule has 0 fully saturated rings. The van der Waals surface area contributed by atoms with E-state index in [1.165, 1.54) is 37.9 Å². The standard InChI is InChI=1S/C25H15NO/c27-22-13-12-19(21-5-2-14-26-25(21)22)18-10-8-17-7-6-15-3-1-4-16-9-11-20(18)24(17)23(15)16/h1-14,27H. The van der Waals surface area contributed by atoms with Gasteiger partial charge in [0.05, 0.1) is 0 Å². The van der Waals surface area contributed by atoms with E-state index < -0.39 is 0 Å². The summed E-state index contributed by atoms with van der Waals surface area (Å²) in [6.45, 7) is 0. The van der Waals surface area contributed by atoms with Crippen molar-refractivity contribution in [2.75, 3.05) is 0 Å². The molecule has 0 bridgehead atoms. The van der Waals surface area contributed by atoms with Crippen LogP contribution in [0.1, 0.15) is 0 Å². The molecule has 1 N–H and O–H groups in total. The van der Waals surface area contributed by atoms with Crippen molar-refractivity contribution in [2.24, 2.45) is 0 Å². The van der Waals surface area contributed by atoms with Gasteiger partial charge in [-0.1, -0.05) is 60.7 Å². The van der Waals surface area contributed by atoms with Crippen LogP contribution in [0.25, 0.3) is 54.3 Å². The normalized spacial score (nSPS) is 11.9. The molecule has 0 saturated heterocycles. The van der Waals surface area contributed by atoms with E-state index in [1.807, 2.05) is 18.2 Å². The highest BCUT2D eigenvalue weighted by atomic mass is 16.3. The van der Waals surface area contributed by atoms with Gasteiger partial charge in [-0.25, -0.2) is 0 Å². The number of nitrogens with zero attached hydrogens (tertiary/aromatic N) is 1. The molecule has 6 rings (SSSR count). The van der Waals surface area contributed by atoms with Gasteiger partial charge in [-0.3, -0.25) is 4.98 Å². The number of fused-ring (bicyclic) bond motifs is 1. The Morgan fingerprint density at radius 3 is 2.07 bits per heavy atom. The van der Waals surface area contributed by atoms with Crippen LogP contribution in [0.5, 0.6) is 5.75 Å². The van der Waals surface area contributed by atoms with Crippen LogP contribution in [0.3, 0.4) is 0 Å². The average Bonchev–Trinajstić information content (AvgIpc) is 2.73. The number of phenols is 1. The van der Waals surface area contributed by atoms with Gasteiger partial charge in [0.15, 0.2) is 0 Å². The maximum Gasteiger partial charge on any atom is 0.141 e. The van der Waals surface area contributed by atoms with Crippen LogP contribution in [-0.2, 0) is 0 Å². The molecule has 5 aromatic carbocycles. The molecule has 6 aromatic rings. The summed E-state index contributed by atoms with van der Waals surface area (Å²) in [6, 6.07) is 27.3. The Morgan fingerprint density at radius 2 is 1.22 bits per heavy atom. The fraction of sp³-hybridized carbons (Fsp3) is 0. The first-order chi connectivity index (χ1) is 13.3. The van der Waals surface area contributed by atoms with E-state index in [0.717, 1.165) is 10.9 Å². The summed E-state index contributed by atoms with van der Waals surface area (Å²) in [7, 11) is 0. The number of aromatic nitrogens is 1. The number of aromatic hydroxyl groups is 1. The second kappa shape index (κ2) is 5.18. The third-order valence-electron chi connectivity index (χ3n) is 5.57. The minimum absolute atomic E-state index is 0.215. The number of hydrogen-bond acceptors (Lipinski definition) is 2. The fourth-order valence-electron chi connectivity index (χ4n) is 4.36. The third-order valence-corrected chi connectivity index (χ3v) is 5.57. The van der Waals surface area contributed by atoms with E-state index >= 15 is 0 Å². The fourth-order valence-corrected chi connectivity index (χ4v) is 4.36. The summed E-state index contributed by atoms with van der Waals surface area (Å²) in [5, 5.41) is 18.8. The lowest BCUT2D eigenvalue weighted by atomic mass is 9.89. The minimum Gasteiger partial charge on any atom is -0.506 e. The summed E-state index contributed by atoms with van der Waals surface area (Å²) in [4.78, 5) is 4.38. The van der Waals surface area contributed by atoms with E-state index in [2.05, 4.69) is 59.6 Å². The zero-order chi connectivity index (χ0) is 18.0. The molecule has 0 unspecified atom stereocenters. The lowest BCUT2D eigenvalue weighted by Gasteiger charge is -2.15. The Labute approximate surface area is 155 Å². The Bertz CT molecular complexity index is 1470. The van der Waals surface area contributed by atoms with Gasteiger partial charge in [-0.15, -0.1) is 0 Å². The SMILES string of the molecule is Oc1ccc(-c2ccc3ccc4cccc5ccc2c3c45)c2cccnc12. The second-order valence-electron chi connectivity index (χ2n) is 7.00. The Hall–Kier alpha value is -3.65. The molecule has 0 aliphatic carbocycles. The quantitative estimate of drug-likeness (QED) is 0.345. The van der Waals surface area contributed by atoms with Crippen molar-refractivity contribution >= 4 is 43.2 Å². The van der Waals surface area contributed by atoms with E-state index in [0.29, 0.717) is 5.52 Å². The topological polar surface area (TPSA) is 33.1 Å². The molecule has 126 valence electrons. The molecule has 0 atom stereocenters. The van der Waals surface area contributed by atoms with Crippen molar-refractivity contribution in [1.82, 2.24) is 4.98 Å². The number of benzene rings is 5. The van der Waals surface area contributed by atoms with E-state index in [9.17, 15) is 5.11 Å². The summed E-state index contributed by atoms with van der Waals surface area (Å²) >= 11 is 0. The molecular formula is C25H15NO. The van der Waals surface area contributed by atoms with Gasteiger partial charge in [0.2, 0.25) is 0 Å². The number of pyridine rings is 1. The van der Waals surface area contributed by atoms with Gasteiger partial charge in [0.1, 0.15) is 11.3 Å². The monoisotopic (exact) mass is 345 g/mol. The van der Waals surface area contributed by atoms with Gasteiger partial charge < -0.3 is 5.11 Å². The van der Waals surface area contributed by atoms with Crippen molar-refractivity contribution in [3.8, 4) is 16.9 Å². The third kappa shape index (κ3) is 1.92. The van der Waals surface area contributed by atoms with Gasteiger partial charge in [0, 0.05) is 11.6 Å². The van der Waals surface area contributed by atoms with Crippen LogP contribution >= 0.6 is 0 Å². The van der Waals surface area contributed by atoms with Crippen molar-refractivity contribution in [3.05, 3.63) is 85.1 Å². The molecular weight excluding hydrogens is 330 g/mol. The van der Waals surface area contributed by atoms with Crippen molar-refractivity contribution in [3.63, 3.8) is 0 Å². The average molecular weight is 345 g/mol. The van der Waals surface area contributed by atoms with E-state index in [-0.39, 0.29) is 5.75 Å². The molecule has 0 amide bonds. The number of hydrogen-bond donors (Lipinski definition) is 1. The van der Waals surface area contributed by atoms with Crippen molar-refractivity contribution < 1.29 is 5.11 Å². The van der Waals surface area contributed by atoms with Crippen LogP contribution < -0.4 is 0 Å². The first kappa shape index (κ1) is 14.5. The molecule has 27 heavy (non-hydrogen) atoms. The van der Waals surface area contributed by atoms with Gasteiger partial charge >= 0.3 is 0 Å². The molecule has 2 heteroatoms. The first-order valence-electron chi connectivity index (χ1n) is 9.05. The Balaban J connectivity index is 1.81. The molecule has 0 spiro atoms. The molecule has 1 aromatic heterocycles. The van der Waals surface area contributed by atoms with Crippen LogP contribution in [0.2, 0.25) is 0 Å². The predicted molar refractivity (Wildman–Crippen MR) is 113 cm³/mol. The Morgan fingerprint density at radius 1 is 0.556 bits per heavy atom. The highest BCUT2D eigenvalue weighted by Gasteiger charge is 2.14. The largest absolute Gasteiger partial charge is 0.506 e. The molecule has 0 radical (unpaired) electrons. The van der Waals surface area contributed by atoms with Crippen LogP contribution in [0.4, 0.5) is 0 Å². The molecule has 0 aliphatic rings. The Kier molecular flexibility index (Phi) is 2.78. The molecule has 0 aliphatic heterocycles. The van der Waals surface area contributed by atoms with Crippen molar-refractivity contribution in [1.29, 1.82) is 0 Å². The minimum atomic E-state index is 0.215. The summed E-state index contributed by atoms with van der Waals surface area (Å²) in [6.07, 6.45) is 1.72. The lowest BCUT2D eigenvalue weighted by Crippen LogP contribution is -1.89. The smallest absolute Gasteiger partial charge is 0.141 e. The first-order valence-corrected chi connectivity index (χ1v) is 9.05. The summed E-state index contributed by atoms with van der Waals surface area (Å²) in [5.74, 6) is 0.215. The van der Waals surface area contributed by atoms with Crippen LogP contribution in [0.15, 0.2) is 85.1 Å². The number of phenolic OH excluding ortho intramolecular Hbond substituents is 1. The van der Waals surface area contributed by atoms with Crippen molar-refractivity contribution in [2.45, 2.75) is 0 Å². The van der Waals surface area contributed by atoms with Gasteiger partial charge in [0.25, 0.3) is 0 Å². The van der Waals surface area contributed by atoms with Crippen LogP contribution in [0, 0.1) is 0 Å². The van der Waals surface area contributed by atoms with Gasteiger partial charge in [-0.05, 0) is 61.6 Å². The second-order valence-corrected chi connectivity index (χ2v) is 7.00. The lowest BCUT2D eigenvalue weighted by molar-refractivity contribution is 0.480. The predicted octanol–water partition coefficient (Wildman–Crippen LogP) is 6.50. The zero-order valence-corrected chi connectivity index (χ0v) is 14.5. The van der Waals surface area contributed by atoms with Gasteiger partial charge in [-0.2, -0.15) is 0 Å². The summed E-state index contributed by atoms with van der Waals surface area (Å²) < 4.78 is 0. The molecule has 0 saturated carbocycles. The van der Waals surface area contributed by atoms with E-state index in [4.69, 9.17) is 0 Å². The maximum atomic E-state index is 10.2. The van der Waals surface area contributed by atoms with E-state index in [1.54, 1.807) is 12.3 Å². The van der Waals surface area contributed by atoms with Crippen LogP contribution in [-0.4, -0.2) is 10.1 Å². The highest BCUT2D eigenvalue weighted by molar-refractivity contribution is 6.26. The highest BCUT2D eigenvalue weighted by Crippen LogP contribution is 2.41.